The number of rotatable bonds is 8. The molecule has 1 unspecified atom stereocenters. The highest BCUT2D eigenvalue weighted by Crippen LogP contribution is 2.65. The van der Waals surface area contributed by atoms with Crippen LogP contribution in [-0.2, 0) is 19.1 Å². The van der Waals surface area contributed by atoms with Gasteiger partial charge in [0.05, 0.1) is 30.3 Å². The van der Waals surface area contributed by atoms with Crippen LogP contribution in [0.15, 0.2) is 48.6 Å². The number of aliphatic hydroxyl groups excluding tert-OH is 1. The lowest BCUT2D eigenvalue weighted by Gasteiger charge is -2.37. The number of aliphatic hydroxyl groups is 1. The van der Waals surface area contributed by atoms with Gasteiger partial charge in [0.1, 0.15) is 11.8 Å². The lowest BCUT2D eigenvalue weighted by Crippen LogP contribution is -2.53. The van der Waals surface area contributed by atoms with E-state index in [1.807, 2.05) is 55.5 Å². The number of nitrogens with zero attached hydrogens (tertiary/aromatic N) is 2. The van der Waals surface area contributed by atoms with Crippen LogP contribution in [-0.4, -0.2) is 76.7 Å². The van der Waals surface area contributed by atoms with E-state index >= 15 is 0 Å². The van der Waals surface area contributed by atoms with Crippen molar-refractivity contribution in [1.82, 2.24) is 4.90 Å². The fraction of sp³-hybridized carbons (Fsp3) is 0.552. The predicted molar refractivity (Wildman–Crippen MR) is 146 cm³/mol. The standard InChI is InChI=1S/C29H36N2O6S/c1-28-14-5-8-19-37-27(35)23(28)22-25(33)31(16-6-3-4-7-18-32)24-26(34)30(17-9-15-29(22,24)38-28)20-10-12-21(36-2)13-11-20/h5,9-15,22-24,32H,3-4,6-8,16-19H2,1-2H3/t22-,23+,24?,28-,29-/m0/s1. The molecule has 204 valence electrons. The maximum absolute atomic E-state index is 14.4. The van der Waals surface area contributed by atoms with Crippen molar-refractivity contribution in [3.05, 3.63) is 48.6 Å². The van der Waals surface area contributed by atoms with Crippen LogP contribution in [0.25, 0.3) is 0 Å². The number of cyclic esters (lactones) is 1. The number of amides is 2. The van der Waals surface area contributed by atoms with Crippen LogP contribution in [0, 0.1) is 11.8 Å². The molecule has 0 bridgehead atoms. The summed E-state index contributed by atoms with van der Waals surface area (Å²) in [5.41, 5.74) is 0.732. The monoisotopic (exact) mass is 540 g/mol. The van der Waals surface area contributed by atoms with Gasteiger partial charge in [-0.2, -0.15) is 0 Å². The van der Waals surface area contributed by atoms with Crippen molar-refractivity contribution in [2.45, 2.75) is 54.6 Å². The lowest BCUT2D eigenvalue weighted by atomic mass is 9.74. The van der Waals surface area contributed by atoms with Gasteiger partial charge >= 0.3 is 5.97 Å². The van der Waals surface area contributed by atoms with Gasteiger partial charge in [-0.1, -0.05) is 37.1 Å². The van der Waals surface area contributed by atoms with Gasteiger partial charge in [-0.3, -0.25) is 14.4 Å². The molecule has 1 N–H and O–H groups in total. The summed E-state index contributed by atoms with van der Waals surface area (Å²) in [5.74, 6) is -1.33. The van der Waals surface area contributed by atoms with Crippen molar-refractivity contribution >= 4 is 35.2 Å². The van der Waals surface area contributed by atoms with Crippen molar-refractivity contribution in [3.8, 4) is 5.75 Å². The van der Waals surface area contributed by atoms with Crippen molar-refractivity contribution < 1.29 is 29.0 Å². The van der Waals surface area contributed by atoms with Gasteiger partial charge in [-0.25, -0.2) is 0 Å². The average molecular weight is 541 g/mol. The molecule has 0 radical (unpaired) electrons. The first-order valence-corrected chi connectivity index (χ1v) is 14.3. The fourth-order valence-electron chi connectivity index (χ4n) is 6.47. The van der Waals surface area contributed by atoms with E-state index in [-0.39, 0.29) is 24.4 Å². The quantitative estimate of drug-likeness (QED) is 0.307. The highest BCUT2D eigenvalue weighted by atomic mass is 32.2. The number of hydrogen-bond donors (Lipinski definition) is 1. The second kappa shape index (κ2) is 10.8. The molecule has 8 nitrogen and oxygen atoms in total. The van der Waals surface area contributed by atoms with Gasteiger partial charge in [0.25, 0.3) is 5.91 Å². The lowest BCUT2D eigenvalue weighted by molar-refractivity contribution is -0.154. The number of methoxy groups -OCH3 is 1. The summed E-state index contributed by atoms with van der Waals surface area (Å²) < 4.78 is 9.34. The zero-order chi connectivity index (χ0) is 26.9. The Labute approximate surface area is 228 Å². The number of likely N-dealkylation sites (tertiary alicyclic amines) is 1. The van der Waals surface area contributed by atoms with Crippen LogP contribution in [0.1, 0.15) is 39.0 Å². The minimum Gasteiger partial charge on any atom is -0.497 e. The van der Waals surface area contributed by atoms with Crippen molar-refractivity contribution in [1.29, 1.82) is 0 Å². The van der Waals surface area contributed by atoms with Gasteiger partial charge in [0.15, 0.2) is 0 Å². The maximum atomic E-state index is 14.4. The highest BCUT2D eigenvalue weighted by Gasteiger charge is 2.73. The molecule has 5 rings (SSSR count). The Bertz CT molecular complexity index is 1140. The van der Waals surface area contributed by atoms with E-state index < -0.39 is 27.4 Å². The molecule has 2 fully saturated rings. The minimum atomic E-state index is -0.881. The smallest absolute Gasteiger partial charge is 0.311 e. The van der Waals surface area contributed by atoms with Crippen LogP contribution in [0.4, 0.5) is 5.69 Å². The minimum absolute atomic E-state index is 0.142. The number of unbranched alkanes of at least 4 members (excludes halogenated alkanes) is 3. The van der Waals surface area contributed by atoms with Crippen molar-refractivity contribution in [2.24, 2.45) is 11.8 Å². The molecule has 0 aromatic heterocycles. The molecule has 4 heterocycles. The zero-order valence-electron chi connectivity index (χ0n) is 22.0. The summed E-state index contributed by atoms with van der Waals surface area (Å²) in [4.78, 5) is 45.4. The molecule has 38 heavy (non-hydrogen) atoms. The van der Waals surface area contributed by atoms with E-state index in [1.165, 1.54) is 0 Å². The fourth-order valence-corrected chi connectivity index (χ4v) is 8.62. The Morgan fingerprint density at radius 1 is 1.03 bits per heavy atom. The zero-order valence-corrected chi connectivity index (χ0v) is 22.8. The van der Waals surface area contributed by atoms with Gasteiger partial charge in [-0.15, -0.1) is 11.8 Å². The first kappa shape index (κ1) is 26.8. The van der Waals surface area contributed by atoms with Crippen molar-refractivity contribution in [3.63, 3.8) is 0 Å². The summed E-state index contributed by atoms with van der Waals surface area (Å²) in [6, 6.07) is 6.61. The second-order valence-electron chi connectivity index (χ2n) is 10.6. The van der Waals surface area contributed by atoms with Gasteiger partial charge in [0.2, 0.25) is 5.91 Å². The Hall–Kier alpha value is -2.78. The molecule has 9 heteroatoms. The van der Waals surface area contributed by atoms with E-state index in [0.29, 0.717) is 38.3 Å². The SMILES string of the molecule is COc1ccc(N2CC=C[C@]34S[C@@]5(C)C=CCCOC(=O)[C@H]5[C@H]3C(=O)N(CCCCCCO)C4C2=O)cc1. The van der Waals surface area contributed by atoms with E-state index in [4.69, 9.17) is 14.6 Å². The molecule has 2 saturated heterocycles. The summed E-state index contributed by atoms with van der Waals surface area (Å²) in [7, 11) is 1.60. The van der Waals surface area contributed by atoms with E-state index in [9.17, 15) is 14.4 Å². The van der Waals surface area contributed by atoms with Crippen LogP contribution in [0.5, 0.6) is 5.75 Å². The highest BCUT2D eigenvalue weighted by molar-refractivity contribution is 8.02. The molecule has 2 amide bonds. The van der Waals surface area contributed by atoms with Gasteiger partial charge < -0.3 is 24.4 Å². The topological polar surface area (TPSA) is 96.4 Å². The Balaban J connectivity index is 1.55. The van der Waals surface area contributed by atoms with Gasteiger partial charge in [-0.05, 0) is 50.5 Å². The third-order valence-corrected chi connectivity index (χ3v) is 10.0. The number of esters is 1. The van der Waals surface area contributed by atoms with E-state index in [2.05, 4.69) is 0 Å². The average Bonchev–Trinajstić information content (AvgIpc) is 3.22. The van der Waals surface area contributed by atoms with Crippen LogP contribution < -0.4 is 9.64 Å². The summed E-state index contributed by atoms with van der Waals surface area (Å²) in [6.45, 7) is 3.23. The number of carbonyl (C=O) groups is 3. The number of ether oxygens (including phenoxy) is 2. The Morgan fingerprint density at radius 3 is 2.53 bits per heavy atom. The summed E-state index contributed by atoms with van der Waals surface area (Å²) >= 11 is 1.56. The molecule has 1 spiro atoms. The molecular formula is C29H36N2O6S. The van der Waals surface area contributed by atoms with Gasteiger partial charge in [0, 0.05) is 30.1 Å². The number of anilines is 1. The summed E-state index contributed by atoms with van der Waals surface area (Å²) in [5, 5.41) is 9.14. The van der Waals surface area contributed by atoms with Crippen LogP contribution >= 0.6 is 11.8 Å². The largest absolute Gasteiger partial charge is 0.497 e. The molecule has 1 aromatic rings. The number of thioether (sulfide) groups is 1. The predicted octanol–water partition coefficient (Wildman–Crippen LogP) is 3.34. The second-order valence-corrected chi connectivity index (χ2v) is 12.4. The molecular weight excluding hydrogens is 504 g/mol. The normalized spacial score (nSPS) is 32.3. The van der Waals surface area contributed by atoms with E-state index in [0.717, 1.165) is 24.9 Å². The molecule has 0 aliphatic carbocycles. The third kappa shape index (κ3) is 4.43. The maximum Gasteiger partial charge on any atom is 0.311 e. The molecule has 0 saturated carbocycles. The Morgan fingerprint density at radius 2 is 1.79 bits per heavy atom. The number of hydrogen-bond acceptors (Lipinski definition) is 7. The summed E-state index contributed by atoms with van der Waals surface area (Å²) in [6.07, 6.45) is 11.8. The molecule has 1 aromatic carbocycles. The first-order valence-electron chi connectivity index (χ1n) is 13.5. The number of benzene rings is 1. The first-order chi connectivity index (χ1) is 18.4. The van der Waals surface area contributed by atoms with Crippen LogP contribution in [0.3, 0.4) is 0 Å². The number of fused-ring (bicyclic) bond motifs is 2. The Kier molecular flexibility index (Phi) is 7.60. The molecule has 5 atom stereocenters. The van der Waals surface area contributed by atoms with Crippen LogP contribution in [0.2, 0.25) is 0 Å². The number of carbonyl (C=O) groups excluding carboxylic acids is 3. The molecule has 4 aliphatic rings. The molecule has 4 aliphatic heterocycles. The van der Waals surface area contributed by atoms with E-state index in [1.54, 1.807) is 28.7 Å². The van der Waals surface area contributed by atoms with Crippen molar-refractivity contribution in [2.75, 3.05) is 38.3 Å². The third-order valence-electron chi connectivity index (χ3n) is 8.21.